The number of carbonyl (C=O) groups is 1. The lowest BCUT2D eigenvalue weighted by Crippen LogP contribution is -2.42. The SMILES string of the molecule is O=C([C@@H](Sc1cccc[n+]1[O-])c1ccccc1)N1CCOCC1. The molecule has 0 unspecified atom stereocenters. The van der Waals surface area contributed by atoms with Gasteiger partial charge in [0.05, 0.1) is 13.2 Å². The predicted octanol–water partition coefficient (Wildman–Crippen LogP) is 2.01. The van der Waals surface area contributed by atoms with Gasteiger partial charge in [0.2, 0.25) is 5.91 Å². The van der Waals surface area contributed by atoms with Crippen LogP contribution < -0.4 is 4.73 Å². The first kappa shape index (κ1) is 15.8. The normalized spacial score (nSPS) is 16.1. The number of benzene rings is 1. The van der Waals surface area contributed by atoms with E-state index >= 15 is 0 Å². The van der Waals surface area contributed by atoms with Gasteiger partial charge < -0.3 is 14.8 Å². The van der Waals surface area contributed by atoms with Crippen LogP contribution in [0.2, 0.25) is 0 Å². The molecule has 5 nitrogen and oxygen atoms in total. The van der Waals surface area contributed by atoms with E-state index in [0.717, 1.165) is 10.3 Å². The highest BCUT2D eigenvalue weighted by molar-refractivity contribution is 8.00. The second-order valence-electron chi connectivity index (χ2n) is 5.21. The second-order valence-corrected chi connectivity index (χ2v) is 6.34. The monoisotopic (exact) mass is 330 g/mol. The molecule has 1 amide bonds. The number of aromatic nitrogens is 1. The van der Waals surface area contributed by atoms with Gasteiger partial charge in [0, 0.05) is 25.2 Å². The summed E-state index contributed by atoms with van der Waals surface area (Å²) in [7, 11) is 0. The molecular formula is C17H18N2O3S. The quantitative estimate of drug-likeness (QED) is 0.489. The molecule has 6 heteroatoms. The highest BCUT2D eigenvalue weighted by Gasteiger charge is 2.30. The molecule has 2 aromatic rings. The van der Waals surface area contributed by atoms with Crippen LogP contribution in [0.3, 0.4) is 0 Å². The van der Waals surface area contributed by atoms with E-state index in [9.17, 15) is 10.0 Å². The van der Waals surface area contributed by atoms with E-state index in [2.05, 4.69) is 0 Å². The van der Waals surface area contributed by atoms with Crippen LogP contribution in [0, 0.1) is 5.21 Å². The summed E-state index contributed by atoms with van der Waals surface area (Å²) in [4.78, 5) is 14.8. The summed E-state index contributed by atoms with van der Waals surface area (Å²) in [5.41, 5.74) is 0.901. The van der Waals surface area contributed by atoms with Gasteiger partial charge in [-0.25, -0.2) is 0 Å². The molecule has 23 heavy (non-hydrogen) atoms. The van der Waals surface area contributed by atoms with Crippen molar-refractivity contribution < 1.29 is 14.3 Å². The number of thioether (sulfide) groups is 1. The summed E-state index contributed by atoms with van der Waals surface area (Å²) in [6.07, 6.45) is 1.45. The Balaban J connectivity index is 1.87. The van der Waals surface area contributed by atoms with Crippen LogP contribution in [0.5, 0.6) is 0 Å². The van der Waals surface area contributed by atoms with E-state index in [0.29, 0.717) is 31.3 Å². The van der Waals surface area contributed by atoms with E-state index in [1.54, 1.807) is 18.2 Å². The molecule has 0 saturated carbocycles. The van der Waals surface area contributed by atoms with Crippen LogP contribution in [0.4, 0.5) is 0 Å². The van der Waals surface area contributed by atoms with E-state index in [1.807, 2.05) is 35.2 Å². The molecule has 1 atom stereocenters. The van der Waals surface area contributed by atoms with E-state index < -0.39 is 5.25 Å². The summed E-state index contributed by atoms with van der Waals surface area (Å²) >= 11 is 1.29. The Kier molecular flexibility index (Phi) is 5.15. The molecule has 1 aromatic heterocycles. The van der Waals surface area contributed by atoms with Gasteiger partial charge in [-0.3, -0.25) is 4.79 Å². The number of amides is 1. The molecule has 1 fully saturated rings. The molecule has 0 radical (unpaired) electrons. The maximum Gasteiger partial charge on any atom is 0.252 e. The zero-order valence-corrected chi connectivity index (χ0v) is 13.4. The van der Waals surface area contributed by atoms with Crippen LogP contribution in [-0.4, -0.2) is 37.1 Å². The summed E-state index contributed by atoms with van der Waals surface area (Å²) in [6, 6.07) is 14.8. The van der Waals surface area contributed by atoms with Crippen LogP contribution in [0.25, 0.3) is 0 Å². The molecule has 1 aliphatic rings. The van der Waals surface area contributed by atoms with Gasteiger partial charge in [-0.1, -0.05) is 30.3 Å². The van der Waals surface area contributed by atoms with E-state index in [-0.39, 0.29) is 5.91 Å². The molecule has 1 aromatic carbocycles. The Hall–Kier alpha value is -2.05. The van der Waals surface area contributed by atoms with Crippen LogP contribution in [0.15, 0.2) is 59.8 Å². The van der Waals surface area contributed by atoms with Gasteiger partial charge >= 0.3 is 0 Å². The zero-order valence-electron chi connectivity index (χ0n) is 12.6. The maximum absolute atomic E-state index is 13.0. The molecule has 120 valence electrons. The summed E-state index contributed by atoms with van der Waals surface area (Å²) in [5, 5.41) is 12.0. The van der Waals surface area contributed by atoms with Crippen molar-refractivity contribution in [1.29, 1.82) is 0 Å². The summed E-state index contributed by atoms with van der Waals surface area (Å²) in [5.74, 6) is 0.0216. The van der Waals surface area contributed by atoms with E-state index in [4.69, 9.17) is 4.74 Å². The first-order valence-corrected chi connectivity index (χ1v) is 8.40. The van der Waals surface area contributed by atoms with Gasteiger partial charge in [0.25, 0.3) is 5.03 Å². The third kappa shape index (κ3) is 3.83. The molecule has 2 heterocycles. The number of nitrogens with zero attached hydrogens (tertiary/aromatic N) is 2. The highest BCUT2D eigenvalue weighted by atomic mass is 32.2. The number of hydrogen-bond acceptors (Lipinski definition) is 4. The minimum Gasteiger partial charge on any atom is -0.618 e. The van der Waals surface area contributed by atoms with Gasteiger partial charge in [-0.15, -0.1) is 0 Å². The van der Waals surface area contributed by atoms with Gasteiger partial charge in [0.1, 0.15) is 5.25 Å². The lowest BCUT2D eigenvalue weighted by Gasteiger charge is -2.30. The maximum atomic E-state index is 13.0. The van der Waals surface area contributed by atoms with Crippen molar-refractivity contribution in [2.75, 3.05) is 26.3 Å². The Morgan fingerprint density at radius 1 is 1.13 bits per heavy atom. The van der Waals surface area contributed by atoms with Gasteiger partial charge in [0.15, 0.2) is 6.20 Å². The van der Waals surface area contributed by atoms with E-state index in [1.165, 1.54) is 18.0 Å². The summed E-state index contributed by atoms with van der Waals surface area (Å²) < 4.78 is 6.12. The number of pyridine rings is 1. The third-order valence-electron chi connectivity index (χ3n) is 3.68. The van der Waals surface area contributed by atoms with Gasteiger partial charge in [-0.2, -0.15) is 4.73 Å². The molecule has 0 spiro atoms. The van der Waals surface area contributed by atoms with Crippen LogP contribution in [0.1, 0.15) is 10.8 Å². The Morgan fingerprint density at radius 3 is 2.52 bits per heavy atom. The van der Waals surface area contributed by atoms with Gasteiger partial charge in [-0.05, 0) is 23.4 Å². The molecule has 0 aliphatic carbocycles. The van der Waals surface area contributed by atoms with Crippen LogP contribution in [-0.2, 0) is 9.53 Å². The average molecular weight is 330 g/mol. The fourth-order valence-electron chi connectivity index (χ4n) is 2.46. The molecule has 3 rings (SSSR count). The largest absolute Gasteiger partial charge is 0.618 e. The van der Waals surface area contributed by atoms with Crippen molar-refractivity contribution >= 4 is 17.7 Å². The smallest absolute Gasteiger partial charge is 0.252 e. The average Bonchev–Trinajstić information content (AvgIpc) is 2.62. The van der Waals surface area contributed by atoms with Crippen molar-refractivity contribution in [3.05, 3.63) is 65.5 Å². The molecule has 0 bridgehead atoms. The zero-order chi connectivity index (χ0) is 16.1. The lowest BCUT2D eigenvalue weighted by molar-refractivity contribution is -0.645. The number of hydrogen-bond donors (Lipinski definition) is 0. The Bertz CT molecular complexity index is 660. The standard InChI is InChI=1S/C17H18N2O3S/c20-17(18-10-12-22-13-11-18)16(14-6-2-1-3-7-14)23-15-8-4-5-9-19(15)21/h1-9,16H,10-13H2/t16-/m0/s1. The minimum atomic E-state index is -0.433. The fraction of sp³-hybridized carbons (Fsp3) is 0.294. The van der Waals surface area contributed by atoms with Crippen molar-refractivity contribution in [3.63, 3.8) is 0 Å². The molecular weight excluding hydrogens is 312 g/mol. The minimum absolute atomic E-state index is 0.0216. The van der Waals surface area contributed by atoms with Crippen molar-refractivity contribution in [3.8, 4) is 0 Å². The number of carbonyl (C=O) groups excluding carboxylic acids is 1. The Labute approximate surface area is 139 Å². The van der Waals surface area contributed by atoms with Crippen molar-refractivity contribution in [1.82, 2.24) is 4.90 Å². The predicted molar refractivity (Wildman–Crippen MR) is 87.8 cm³/mol. The second kappa shape index (κ2) is 7.48. The Morgan fingerprint density at radius 2 is 1.83 bits per heavy atom. The molecule has 1 aliphatic heterocycles. The third-order valence-corrected chi connectivity index (χ3v) is 4.94. The first-order chi connectivity index (χ1) is 11.3. The lowest BCUT2D eigenvalue weighted by atomic mass is 10.1. The molecule has 0 N–H and O–H groups in total. The van der Waals surface area contributed by atoms with Crippen molar-refractivity contribution in [2.45, 2.75) is 10.3 Å². The van der Waals surface area contributed by atoms with Crippen LogP contribution >= 0.6 is 11.8 Å². The fourth-order valence-corrected chi connectivity index (χ4v) is 3.57. The topological polar surface area (TPSA) is 56.5 Å². The molecule has 1 saturated heterocycles. The number of rotatable bonds is 4. The highest BCUT2D eigenvalue weighted by Crippen LogP contribution is 2.35. The number of ether oxygens (including phenoxy) is 1. The first-order valence-electron chi connectivity index (χ1n) is 7.52. The summed E-state index contributed by atoms with van der Waals surface area (Å²) in [6.45, 7) is 2.30. The number of morpholine rings is 1. The van der Waals surface area contributed by atoms with Crippen molar-refractivity contribution in [2.24, 2.45) is 0 Å².